The van der Waals surface area contributed by atoms with E-state index in [9.17, 15) is 5.26 Å². The monoisotopic (exact) mass is 464 g/mol. The summed E-state index contributed by atoms with van der Waals surface area (Å²) in [6.45, 7) is 8.10. The number of benzene rings is 2. The second kappa shape index (κ2) is 9.36. The summed E-state index contributed by atoms with van der Waals surface area (Å²) in [6, 6.07) is 18.8. The van der Waals surface area contributed by atoms with E-state index >= 15 is 0 Å². The van der Waals surface area contributed by atoms with Gasteiger partial charge in [-0.1, -0.05) is 30.3 Å². The Kier molecular flexibility index (Phi) is 6.10. The van der Waals surface area contributed by atoms with Crippen LogP contribution in [0.1, 0.15) is 25.0 Å². The molecule has 1 saturated heterocycles. The summed E-state index contributed by atoms with van der Waals surface area (Å²) >= 11 is 0. The summed E-state index contributed by atoms with van der Waals surface area (Å²) < 4.78 is 13.2. The van der Waals surface area contributed by atoms with Crippen molar-refractivity contribution in [1.82, 2.24) is 14.8 Å². The summed E-state index contributed by atoms with van der Waals surface area (Å²) in [5.74, 6) is 1.25. The van der Waals surface area contributed by atoms with Crippen molar-refractivity contribution in [1.29, 1.82) is 5.26 Å². The zero-order valence-corrected chi connectivity index (χ0v) is 20.2. The zero-order valence-electron chi connectivity index (χ0n) is 20.2. The van der Waals surface area contributed by atoms with Gasteiger partial charge in [-0.2, -0.15) is 10.4 Å². The molecule has 1 aliphatic heterocycles. The first-order valence-corrected chi connectivity index (χ1v) is 11.8. The maximum atomic E-state index is 9.55. The van der Waals surface area contributed by atoms with E-state index in [1.54, 1.807) is 6.20 Å². The number of aryl methyl sites for hydroxylation is 1. The molecule has 1 fully saturated rings. The van der Waals surface area contributed by atoms with Crippen molar-refractivity contribution in [3.63, 3.8) is 0 Å². The molecular weight excluding hydrogens is 436 g/mol. The van der Waals surface area contributed by atoms with E-state index in [1.165, 1.54) is 0 Å². The van der Waals surface area contributed by atoms with Gasteiger partial charge in [0.2, 0.25) is 0 Å². The summed E-state index contributed by atoms with van der Waals surface area (Å²) in [7, 11) is 0. The molecule has 0 N–H and O–H groups in total. The van der Waals surface area contributed by atoms with Crippen molar-refractivity contribution in [3.05, 3.63) is 84.4 Å². The van der Waals surface area contributed by atoms with E-state index in [0.29, 0.717) is 12.5 Å². The van der Waals surface area contributed by atoms with Crippen LogP contribution in [-0.4, -0.2) is 34.6 Å². The molecule has 35 heavy (non-hydrogen) atoms. The summed E-state index contributed by atoms with van der Waals surface area (Å²) in [4.78, 5) is 4.31. The third kappa shape index (κ3) is 4.68. The SMILES string of the molecule is Cc1ccc(-c2cccc(C(C)(C)C#N)c2)cc1-n1cc(-c2cnccc2OCC2COC2)cn1. The molecule has 0 amide bonds. The third-order valence-electron chi connectivity index (χ3n) is 6.51. The lowest BCUT2D eigenvalue weighted by Gasteiger charge is -2.26. The van der Waals surface area contributed by atoms with E-state index in [4.69, 9.17) is 9.47 Å². The molecule has 4 aromatic rings. The average Bonchev–Trinajstić information content (AvgIpc) is 3.33. The molecule has 0 spiro atoms. The fourth-order valence-electron chi connectivity index (χ4n) is 4.09. The smallest absolute Gasteiger partial charge is 0.130 e. The molecule has 2 aromatic carbocycles. The Morgan fingerprint density at radius 1 is 1.09 bits per heavy atom. The number of pyridine rings is 1. The van der Waals surface area contributed by atoms with Crippen molar-refractivity contribution in [3.8, 4) is 39.8 Å². The van der Waals surface area contributed by atoms with E-state index in [2.05, 4.69) is 53.4 Å². The van der Waals surface area contributed by atoms with Gasteiger partial charge >= 0.3 is 0 Å². The fourth-order valence-corrected chi connectivity index (χ4v) is 4.09. The van der Waals surface area contributed by atoms with Gasteiger partial charge in [0.05, 0.1) is 43.2 Å². The molecule has 0 radical (unpaired) electrons. The first-order chi connectivity index (χ1) is 16.9. The number of rotatable bonds is 7. The van der Waals surface area contributed by atoms with Crippen LogP contribution in [0.5, 0.6) is 5.75 Å². The first-order valence-electron chi connectivity index (χ1n) is 11.8. The van der Waals surface area contributed by atoms with Crippen LogP contribution < -0.4 is 4.74 Å². The minimum atomic E-state index is -0.546. The molecule has 0 unspecified atom stereocenters. The van der Waals surface area contributed by atoms with Gasteiger partial charge < -0.3 is 9.47 Å². The molecule has 0 bridgehead atoms. The molecule has 2 aromatic heterocycles. The lowest BCUT2D eigenvalue weighted by molar-refractivity contribution is -0.0507. The van der Waals surface area contributed by atoms with Crippen LogP contribution in [0.15, 0.2) is 73.3 Å². The summed E-state index contributed by atoms with van der Waals surface area (Å²) in [5.41, 5.74) is 6.57. The van der Waals surface area contributed by atoms with Crippen molar-refractivity contribution >= 4 is 0 Å². The number of hydrogen-bond acceptors (Lipinski definition) is 5. The number of ether oxygens (including phenoxy) is 2. The Balaban J connectivity index is 1.45. The second-order valence-electron chi connectivity index (χ2n) is 9.58. The predicted octanol–water partition coefficient (Wildman–Crippen LogP) is 5.74. The molecule has 0 atom stereocenters. The molecular formula is C29H28N4O2. The number of nitrogens with zero attached hydrogens (tertiary/aromatic N) is 4. The molecule has 6 nitrogen and oxygen atoms in total. The standard InChI is InChI=1S/C29H28N4O2/c1-20-7-8-23(22-5-4-6-25(11-22)29(2,3)19-30)12-27(20)33-15-24(13-32-33)26-14-31-10-9-28(26)35-18-21-16-34-17-21/h4-15,21H,16-18H2,1-3H3. The van der Waals surface area contributed by atoms with Gasteiger partial charge in [0.25, 0.3) is 0 Å². The van der Waals surface area contributed by atoms with Gasteiger partial charge in [-0.25, -0.2) is 4.68 Å². The average molecular weight is 465 g/mol. The van der Waals surface area contributed by atoms with Gasteiger partial charge in [-0.3, -0.25) is 4.98 Å². The normalized spacial score (nSPS) is 13.8. The highest BCUT2D eigenvalue weighted by molar-refractivity contribution is 5.70. The first kappa shape index (κ1) is 22.8. The molecule has 0 saturated carbocycles. The van der Waals surface area contributed by atoms with Crippen LogP contribution in [0.4, 0.5) is 0 Å². The molecule has 3 heterocycles. The van der Waals surface area contributed by atoms with E-state index < -0.39 is 5.41 Å². The third-order valence-corrected chi connectivity index (χ3v) is 6.51. The largest absolute Gasteiger partial charge is 0.492 e. The lowest BCUT2D eigenvalue weighted by atomic mass is 9.85. The van der Waals surface area contributed by atoms with Gasteiger partial charge in [0, 0.05) is 35.6 Å². The Labute approximate surface area is 205 Å². The van der Waals surface area contributed by atoms with Gasteiger partial charge in [0.1, 0.15) is 5.75 Å². The van der Waals surface area contributed by atoms with Gasteiger partial charge in [-0.15, -0.1) is 0 Å². The number of aromatic nitrogens is 3. The van der Waals surface area contributed by atoms with Crippen molar-refractivity contribution < 1.29 is 9.47 Å². The van der Waals surface area contributed by atoms with Crippen molar-refractivity contribution in [2.75, 3.05) is 19.8 Å². The van der Waals surface area contributed by atoms with Crippen LogP contribution in [0.3, 0.4) is 0 Å². The van der Waals surface area contributed by atoms with E-state index in [0.717, 1.165) is 58.0 Å². The fraction of sp³-hybridized carbons (Fsp3) is 0.276. The Morgan fingerprint density at radius 3 is 2.69 bits per heavy atom. The molecule has 6 heteroatoms. The van der Waals surface area contributed by atoms with Crippen LogP contribution in [0.25, 0.3) is 27.9 Å². The maximum Gasteiger partial charge on any atom is 0.130 e. The highest BCUT2D eigenvalue weighted by Crippen LogP contribution is 2.32. The van der Waals surface area contributed by atoms with E-state index in [-0.39, 0.29) is 0 Å². The van der Waals surface area contributed by atoms with E-state index in [1.807, 2.05) is 55.3 Å². The molecule has 176 valence electrons. The number of hydrogen-bond donors (Lipinski definition) is 0. The molecule has 5 rings (SSSR count). The molecule has 0 aliphatic carbocycles. The quantitative estimate of drug-likeness (QED) is 0.349. The highest BCUT2D eigenvalue weighted by Gasteiger charge is 2.21. The zero-order chi connectivity index (χ0) is 24.4. The van der Waals surface area contributed by atoms with Crippen LogP contribution in [0, 0.1) is 24.2 Å². The summed E-state index contributed by atoms with van der Waals surface area (Å²) in [6.07, 6.45) is 7.42. The Bertz CT molecular complexity index is 1400. The Hall–Kier alpha value is -3.95. The Morgan fingerprint density at radius 2 is 1.91 bits per heavy atom. The van der Waals surface area contributed by atoms with Crippen LogP contribution in [0.2, 0.25) is 0 Å². The van der Waals surface area contributed by atoms with Crippen molar-refractivity contribution in [2.24, 2.45) is 5.92 Å². The predicted molar refractivity (Wildman–Crippen MR) is 135 cm³/mol. The van der Waals surface area contributed by atoms with Gasteiger partial charge in [-0.05, 0) is 61.2 Å². The second-order valence-corrected chi connectivity index (χ2v) is 9.58. The topological polar surface area (TPSA) is 73.0 Å². The van der Waals surface area contributed by atoms with Gasteiger partial charge in [0.15, 0.2) is 0 Å². The lowest BCUT2D eigenvalue weighted by Crippen LogP contribution is -2.32. The van der Waals surface area contributed by atoms with Crippen LogP contribution in [-0.2, 0) is 10.2 Å². The number of nitriles is 1. The summed E-state index contributed by atoms with van der Waals surface area (Å²) in [5, 5.41) is 14.2. The molecule has 1 aliphatic rings. The minimum absolute atomic E-state index is 0.446. The van der Waals surface area contributed by atoms with Crippen molar-refractivity contribution in [2.45, 2.75) is 26.2 Å². The maximum absolute atomic E-state index is 9.55. The van der Waals surface area contributed by atoms with Crippen LogP contribution >= 0.6 is 0 Å². The minimum Gasteiger partial charge on any atom is -0.492 e. The highest BCUT2D eigenvalue weighted by atomic mass is 16.5.